The predicted molar refractivity (Wildman–Crippen MR) is 75.7 cm³/mol. The Morgan fingerprint density at radius 3 is 2.47 bits per heavy atom. The smallest absolute Gasteiger partial charge is 0.239 e. The van der Waals surface area contributed by atoms with Crippen molar-refractivity contribution in [3.63, 3.8) is 0 Å². The van der Waals surface area contributed by atoms with Gasteiger partial charge in [-0.15, -0.1) is 0 Å². The van der Waals surface area contributed by atoms with Crippen molar-refractivity contribution in [3.8, 4) is 0 Å². The highest BCUT2D eigenvalue weighted by atomic mass is 16.2. The summed E-state index contributed by atoms with van der Waals surface area (Å²) in [4.78, 5) is 24.7. The lowest BCUT2D eigenvalue weighted by atomic mass is 10.1. The molecular weight excluding hydrogens is 240 g/mol. The van der Waals surface area contributed by atoms with Gasteiger partial charge in [0.1, 0.15) is 0 Å². The Balaban J connectivity index is 2.45. The maximum Gasteiger partial charge on any atom is 0.239 e. The van der Waals surface area contributed by atoms with Gasteiger partial charge < -0.3 is 10.2 Å². The fourth-order valence-corrected chi connectivity index (χ4v) is 1.75. The van der Waals surface area contributed by atoms with Gasteiger partial charge in [0.2, 0.25) is 11.8 Å². The van der Waals surface area contributed by atoms with Gasteiger partial charge in [0, 0.05) is 20.0 Å². The number of amides is 2. The third-order valence-electron chi connectivity index (χ3n) is 2.87. The third kappa shape index (κ3) is 6.04. The molecule has 0 aliphatic carbocycles. The van der Waals surface area contributed by atoms with Crippen molar-refractivity contribution in [2.75, 3.05) is 19.6 Å². The molecule has 0 saturated carbocycles. The number of carbonyl (C=O) groups excluding carboxylic acids is 2. The topological polar surface area (TPSA) is 49.4 Å². The lowest BCUT2D eigenvalue weighted by Gasteiger charge is -2.20. The van der Waals surface area contributed by atoms with Crippen molar-refractivity contribution in [2.45, 2.75) is 26.7 Å². The van der Waals surface area contributed by atoms with Crippen LogP contribution in [-0.4, -0.2) is 36.3 Å². The van der Waals surface area contributed by atoms with Crippen LogP contribution >= 0.6 is 0 Å². The molecule has 4 heteroatoms. The summed E-state index contributed by atoms with van der Waals surface area (Å²) in [5.74, 6) is -0.160. The molecule has 1 aromatic rings. The molecule has 0 atom stereocenters. The summed E-state index contributed by atoms with van der Waals surface area (Å²) in [6, 6.07) is 9.96. The fourth-order valence-electron chi connectivity index (χ4n) is 1.75. The molecule has 104 valence electrons. The summed E-state index contributed by atoms with van der Waals surface area (Å²) < 4.78 is 0. The zero-order valence-electron chi connectivity index (χ0n) is 11.7. The van der Waals surface area contributed by atoms with Gasteiger partial charge in [0.25, 0.3) is 0 Å². The van der Waals surface area contributed by atoms with Crippen LogP contribution in [0.5, 0.6) is 0 Å². The van der Waals surface area contributed by atoms with Crippen LogP contribution in [0.25, 0.3) is 0 Å². The summed E-state index contributed by atoms with van der Waals surface area (Å²) in [5, 5.41) is 2.78. The molecular formula is C15H22N2O2. The van der Waals surface area contributed by atoms with E-state index in [-0.39, 0.29) is 18.4 Å². The number of hydrogen-bond donors (Lipinski definition) is 1. The number of rotatable bonds is 7. The van der Waals surface area contributed by atoms with Crippen LogP contribution < -0.4 is 5.32 Å². The maximum absolute atomic E-state index is 11.6. The first-order chi connectivity index (χ1) is 9.13. The molecule has 1 aromatic carbocycles. The van der Waals surface area contributed by atoms with E-state index in [1.54, 1.807) is 4.90 Å². The van der Waals surface area contributed by atoms with Crippen molar-refractivity contribution < 1.29 is 9.59 Å². The second-order valence-corrected chi connectivity index (χ2v) is 4.53. The van der Waals surface area contributed by atoms with Crippen molar-refractivity contribution in [3.05, 3.63) is 35.9 Å². The van der Waals surface area contributed by atoms with Crippen LogP contribution in [0.4, 0.5) is 0 Å². The van der Waals surface area contributed by atoms with Crippen molar-refractivity contribution >= 4 is 11.8 Å². The van der Waals surface area contributed by atoms with Crippen LogP contribution in [0.15, 0.2) is 30.3 Å². The van der Waals surface area contributed by atoms with E-state index in [9.17, 15) is 9.59 Å². The number of hydrogen-bond acceptors (Lipinski definition) is 2. The molecule has 0 heterocycles. The Morgan fingerprint density at radius 2 is 1.89 bits per heavy atom. The average Bonchev–Trinajstić information content (AvgIpc) is 2.42. The zero-order chi connectivity index (χ0) is 14.1. The van der Waals surface area contributed by atoms with Gasteiger partial charge in [0.05, 0.1) is 6.54 Å². The van der Waals surface area contributed by atoms with E-state index in [0.29, 0.717) is 13.1 Å². The lowest BCUT2D eigenvalue weighted by Crippen LogP contribution is -2.40. The van der Waals surface area contributed by atoms with Crippen LogP contribution in [0.2, 0.25) is 0 Å². The lowest BCUT2D eigenvalue weighted by molar-refractivity contribution is -0.134. The first-order valence-electron chi connectivity index (χ1n) is 6.69. The highest BCUT2D eigenvalue weighted by Gasteiger charge is 2.12. The van der Waals surface area contributed by atoms with Crippen LogP contribution in [0, 0.1) is 0 Å². The predicted octanol–water partition coefficient (Wildman–Crippen LogP) is 1.60. The highest BCUT2D eigenvalue weighted by molar-refractivity contribution is 5.83. The van der Waals surface area contributed by atoms with E-state index < -0.39 is 0 Å². The molecule has 19 heavy (non-hydrogen) atoms. The van der Waals surface area contributed by atoms with Gasteiger partial charge >= 0.3 is 0 Å². The van der Waals surface area contributed by atoms with E-state index in [1.807, 2.05) is 37.3 Å². The highest BCUT2D eigenvalue weighted by Crippen LogP contribution is 2.01. The van der Waals surface area contributed by atoms with Crippen molar-refractivity contribution in [1.82, 2.24) is 10.2 Å². The Morgan fingerprint density at radius 1 is 1.21 bits per heavy atom. The standard InChI is InChI=1S/C15H22N2O2/c1-3-10-16-15(19)12-17(13(2)18)11-9-14-7-5-4-6-8-14/h4-8H,3,9-12H2,1-2H3,(H,16,19). The Hall–Kier alpha value is -1.84. The normalized spacial score (nSPS) is 10.0. The molecule has 0 aliphatic heterocycles. The number of nitrogens with one attached hydrogen (secondary N) is 1. The molecule has 0 bridgehead atoms. The molecule has 1 N–H and O–H groups in total. The number of carbonyl (C=O) groups is 2. The van der Waals surface area contributed by atoms with E-state index >= 15 is 0 Å². The van der Waals surface area contributed by atoms with E-state index in [4.69, 9.17) is 0 Å². The minimum Gasteiger partial charge on any atom is -0.355 e. The molecule has 0 radical (unpaired) electrons. The molecule has 0 aliphatic rings. The molecule has 4 nitrogen and oxygen atoms in total. The second-order valence-electron chi connectivity index (χ2n) is 4.53. The number of nitrogens with zero attached hydrogens (tertiary/aromatic N) is 1. The second kappa shape index (κ2) is 8.29. The Kier molecular flexibility index (Phi) is 6.64. The minimum atomic E-state index is -0.0925. The monoisotopic (exact) mass is 262 g/mol. The van der Waals surface area contributed by atoms with Crippen LogP contribution in [0.3, 0.4) is 0 Å². The van der Waals surface area contributed by atoms with Gasteiger partial charge in [-0.1, -0.05) is 37.3 Å². The molecule has 1 rings (SSSR count). The average molecular weight is 262 g/mol. The molecule has 2 amide bonds. The summed E-state index contributed by atoms with van der Waals surface area (Å²) in [6.45, 7) is 4.86. The molecule has 0 unspecified atom stereocenters. The molecule has 0 spiro atoms. The third-order valence-corrected chi connectivity index (χ3v) is 2.87. The first kappa shape index (κ1) is 15.2. The molecule has 0 aromatic heterocycles. The summed E-state index contributed by atoms with van der Waals surface area (Å²) in [6.07, 6.45) is 1.66. The Labute approximate surface area is 114 Å². The van der Waals surface area contributed by atoms with E-state index in [1.165, 1.54) is 12.5 Å². The van der Waals surface area contributed by atoms with E-state index in [2.05, 4.69) is 5.32 Å². The van der Waals surface area contributed by atoms with Crippen LogP contribution in [0.1, 0.15) is 25.8 Å². The maximum atomic E-state index is 11.6. The fraction of sp³-hybridized carbons (Fsp3) is 0.467. The van der Waals surface area contributed by atoms with Crippen molar-refractivity contribution in [1.29, 1.82) is 0 Å². The van der Waals surface area contributed by atoms with Gasteiger partial charge in [0.15, 0.2) is 0 Å². The van der Waals surface area contributed by atoms with Crippen LogP contribution in [-0.2, 0) is 16.0 Å². The molecule has 0 fully saturated rings. The van der Waals surface area contributed by atoms with Gasteiger partial charge in [-0.05, 0) is 18.4 Å². The number of benzene rings is 1. The van der Waals surface area contributed by atoms with Gasteiger partial charge in [-0.2, -0.15) is 0 Å². The zero-order valence-corrected chi connectivity index (χ0v) is 11.7. The largest absolute Gasteiger partial charge is 0.355 e. The van der Waals surface area contributed by atoms with Gasteiger partial charge in [-0.3, -0.25) is 9.59 Å². The first-order valence-corrected chi connectivity index (χ1v) is 6.69. The SMILES string of the molecule is CCCNC(=O)CN(CCc1ccccc1)C(C)=O. The van der Waals surface area contributed by atoms with E-state index in [0.717, 1.165) is 12.8 Å². The molecule has 0 saturated heterocycles. The Bertz CT molecular complexity index is 404. The minimum absolute atomic E-state index is 0.0671. The summed E-state index contributed by atoms with van der Waals surface area (Å²) in [5.41, 5.74) is 1.17. The van der Waals surface area contributed by atoms with Crippen molar-refractivity contribution in [2.24, 2.45) is 0 Å². The summed E-state index contributed by atoms with van der Waals surface area (Å²) in [7, 11) is 0. The quantitative estimate of drug-likeness (QED) is 0.811. The summed E-state index contributed by atoms with van der Waals surface area (Å²) >= 11 is 0. The van der Waals surface area contributed by atoms with Gasteiger partial charge in [-0.25, -0.2) is 0 Å².